The molecule has 0 saturated heterocycles. The summed E-state index contributed by atoms with van der Waals surface area (Å²) in [6.45, 7) is 5.01. The minimum atomic E-state index is -1.08. The van der Waals surface area contributed by atoms with Crippen LogP contribution in [0.15, 0.2) is 24.3 Å². The Hall–Kier alpha value is -2.41. The third-order valence-corrected chi connectivity index (χ3v) is 2.80. The van der Waals surface area contributed by atoms with Gasteiger partial charge in [0.1, 0.15) is 18.2 Å². The van der Waals surface area contributed by atoms with Crippen molar-refractivity contribution in [3.8, 4) is 0 Å². The lowest BCUT2D eigenvalue weighted by Crippen LogP contribution is -2.34. The number of amides is 1. The first-order valence-electron chi connectivity index (χ1n) is 7.16. The fourth-order valence-corrected chi connectivity index (χ4v) is 1.77. The first-order valence-corrected chi connectivity index (χ1v) is 7.16. The number of aliphatic carboxylic acids is 1. The summed E-state index contributed by atoms with van der Waals surface area (Å²) < 4.78 is 5.09. The van der Waals surface area contributed by atoms with Gasteiger partial charge < -0.3 is 20.9 Å². The number of ether oxygens (including phenoxy) is 1. The lowest BCUT2D eigenvalue weighted by molar-refractivity contribution is -0.153. The van der Waals surface area contributed by atoms with E-state index in [-0.39, 0.29) is 13.0 Å². The number of esters is 1. The van der Waals surface area contributed by atoms with Crippen molar-refractivity contribution in [3.63, 3.8) is 0 Å². The third-order valence-electron chi connectivity index (χ3n) is 2.80. The van der Waals surface area contributed by atoms with Crippen LogP contribution in [0.5, 0.6) is 0 Å². The van der Waals surface area contributed by atoms with Gasteiger partial charge in [0.05, 0.1) is 0 Å². The quantitative estimate of drug-likeness (QED) is 0.664. The summed E-state index contributed by atoms with van der Waals surface area (Å²) in [5, 5.41) is 11.2. The van der Waals surface area contributed by atoms with Gasteiger partial charge >= 0.3 is 11.9 Å². The first kappa shape index (κ1) is 18.6. The van der Waals surface area contributed by atoms with Crippen LogP contribution in [-0.4, -0.2) is 41.1 Å². The SMILES string of the molecule is CC(C)(C)OC(=O)CNC(=O)c1ccc(C[C@H](N)C(=O)O)cc1. The second-order valence-electron chi connectivity index (χ2n) is 6.11. The number of nitrogens with one attached hydrogen (secondary N) is 1. The maximum Gasteiger partial charge on any atom is 0.325 e. The Morgan fingerprint density at radius 1 is 1.22 bits per heavy atom. The number of carboxylic acids is 1. The number of hydrogen-bond donors (Lipinski definition) is 3. The molecule has 7 heteroatoms. The van der Waals surface area contributed by atoms with E-state index in [0.29, 0.717) is 11.1 Å². The number of benzene rings is 1. The standard InChI is InChI=1S/C16H22N2O5/c1-16(2,3)23-13(19)9-18-14(20)11-6-4-10(5-7-11)8-12(17)15(21)22/h4-7,12H,8-9,17H2,1-3H3,(H,18,20)(H,21,22)/t12-/m0/s1. The summed E-state index contributed by atoms with van der Waals surface area (Å²) in [6, 6.07) is 5.38. The normalized spacial score (nSPS) is 12.3. The highest BCUT2D eigenvalue weighted by Crippen LogP contribution is 2.08. The van der Waals surface area contributed by atoms with Crippen molar-refractivity contribution in [2.45, 2.75) is 38.8 Å². The van der Waals surface area contributed by atoms with Crippen molar-refractivity contribution in [2.75, 3.05) is 6.54 Å². The van der Waals surface area contributed by atoms with Crippen molar-refractivity contribution in [1.82, 2.24) is 5.32 Å². The first-order chi connectivity index (χ1) is 10.6. The molecule has 0 aromatic heterocycles. The highest BCUT2D eigenvalue weighted by Gasteiger charge is 2.17. The summed E-state index contributed by atoms with van der Waals surface area (Å²) in [5.74, 6) is -2.01. The van der Waals surface area contributed by atoms with Crippen LogP contribution in [0.1, 0.15) is 36.7 Å². The minimum Gasteiger partial charge on any atom is -0.480 e. The van der Waals surface area contributed by atoms with Crippen LogP contribution in [0.2, 0.25) is 0 Å². The fraction of sp³-hybridized carbons (Fsp3) is 0.438. The Labute approximate surface area is 134 Å². The van der Waals surface area contributed by atoms with Gasteiger partial charge in [-0.2, -0.15) is 0 Å². The predicted molar refractivity (Wildman–Crippen MR) is 83.9 cm³/mol. The average Bonchev–Trinajstić information content (AvgIpc) is 2.43. The van der Waals surface area contributed by atoms with Crippen molar-refractivity contribution in [1.29, 1.82) is 0 Å². The van der Waals surface area contributed by atoms with Crippen LogP contribution in [-0.2, 0) is 20.7 Å². The van der Waals surface area contributed by atoms with Crippen LogP contribution in [0.3, 0.4) is 0 Å². The smallest absolute Gasteiger partial charge is 0.325 e. The highest BCUT2D eigenvalue weighted by molar-refractivity contribution is 5.95. The zero-order valence-corrected chi connectivity index (χ0v) is 13.5. The largest absolute Gasteiger partial charge is 0.480 e. The molecular formula is C16H22N2O5. The van der Waals surface area contributed by atoms with Gasteiger partial charge in [0.2, 0.25) is 0 Å². The van der Waals surface area contributed by atoms with Gasteiger partial charge in [0.25, 0.3) is 5.91 Å². The monoisotopic (exact) mass is 322 g/mol. The van der Waals surface area contributed by atoms with Gasteiger partial charge in [-0.25, -0.2) is 0 Å². The number of carbonyl (C=O) groups is 3. The molecule has 0 fully saturated rings. The van der Waals surface area contributed by atoms with Gasteiger partial charge in [0, 0.05) is 5.56 Å². The lowest BCUT2D eigenvalue weighted by atomic mass is 10.0. The van der Waals surface area contributed by atoms with Gasteiger partial charge in [-0.3, -0.25) is 14.4 Å². The topological polar surface area (TPSA) is 119 Å². The van der Waals surface area contributed by atoms with Gasteiger partial charge in [-0.05, 0) is 44.9 Å². The second kappa shape index (κ2) is 7.73. The van der Waals surface area contributed by atoms with Crippen molar-refractivity contribution in [3.05, 3.63) is 35.4 Å². The van der Waals surface area contributed by atoms with E-state index >= 15 is 0 Å². The summed E-state index contributed by atoms with van der Waals surface area (Å²) in [4.78, 5) is 34.1. The molecule has 7 nitrogen and oxygen atoms in total. The van der Waals surface area contributed by atoms with Gasteiger partial charge in [-0.15, -0.1) is 0 Å². The highest BCUT2D eigenvalue weighted by atomic mass is 16.6. The Morgan fingerprint density at radius 2 is 1.78 bits per heavy atom. The molecule has 0 saturated carbocycles. The molecule has 0 aliphatic heterocycles. The van der Waals surface area contributed by atoms with E-state index in [2.05, 4.69) is 5.32 Å². The van der Waals surface area contributed by atoms with E-state index in [9.17, 15) is 14.4 Å². The average molecular weight is 322 g/mol. The molecule has 1 aromatic rings. The molecule has 0 aliphatic carbocycles. The predicted octanol–water partition coefficient (Wildman–Crippen LogP) is 0.713. The Kier molecular flexibility index (Phi) is 6.27. The summed E-state index contributed by atoms with van der Waals surface area (Å²) in [7, 11) is 0. The molecule has 0 radical (unpaired) electrons. The molecule has 0 unspecified atom stereocenters. The van der Waals surface area contributed by atoms with Crippen LogP contribution >= 0.6 is 0 Å². The molecule has 0 aliphatic rings. The summed E-state index contributed by atoms with van der Waals surface area (Å²) in [6.07, 6.45) is 0.176. The lowest BCUT2D eigenvalue weighted by Gasteiger charge is -2.19. The maximum atomic E-state index is 11.9. The molecule has 23 heavy (non-hydrogen) atoms. The molecule has 1 amide bonds. The molecule has 0 heterocycles. The summed E-state index contributed by atoms with van der Waals surface area (Å²) in [5.41, 5.74) is 5.92. The van der Waals surface area contributed by atoms with E-state index in [4.69, 9.17) is 15.6 Å². The molecule has 126 valence electrons. The van der Waals surface area contributed by atoms with Gasteiger partial charge in [-0.1, -0.05) is 12.1 Å². The van der Waals surface area contributed by atoms with Crippen molar-refractivity contribution >= 4 is 17.8 Å². The number of carboxylic acid groups (broad SMARTS) is 1. The van der Waals surface area contributed by atoms with Crippen molar-refractivity contribution < 1.29 is 24.2 Å². The van der Waals surface area contributed by atoms with E-state index in [1.54, 1.807) is 45.0 Å². The molecule has 1 atom stereocenters. The van der Waals surface area contributed by atoms with Crippen LogP contribution in [0, 0.1) is 0 Å². The van der Waals surface area contributed by atoms with Crippen molar-refractivity contribution in [2.24, 2.45) is 5.73 Å². The third kappa shape index (κ3) is 6.92. The van der Waals surface area contributed by atoms with Crippen LogP contribution in [0.25, 0.3) is 0 Å². The molecule has 4 N–H and O–H groups in total. The number of nitrogens with two attached hydrogens (primary N) is 1. The number of hydrogen-bond acceptors (Lipinski definition) is 5. The second-order valence-corrected chi connectivity index (χ2v) is 6.11. The Balaban J connectivity index is 2.54. The van der Waals surface area contributed by atoms with Crippen LogP contribution < -0.4 is 11.1 Å². The van der Waals surface area contributed by atoms with E-state index < -0.39 is 29.5 Å². The minimum absolute atomic E-state index is 0.176. The van der Waals surface area contributed by atoms with E-state index in [1.165, 1.54) is 0 Å². The zero-order valence-electron chi connectivity index (χ0n) is 13.5. The van der Waals surface area contributed by atoms with Gasteiger partial charge in [0.15, 0.2) is 0 Å². The molecule has 0 spiro atoms. The molecule has 0 bridgehead atoms. The number of carbonyl (C=O) groups excluding carboxylic acids is 2. The van der Waals surface area contributed by atoms with E-state index in [1.807, 2.05) is 0 Å². The van der Waals surface area contributed by atoms with E-state index in [0.717, 1.165) is 0 Å². The molecule has 1 aromatic carbocycles. The number of rotatable bonds is 6. The molecule has 1 rings (SSSR count). The Morgan fingerprint density at radius 3 is 2.26 bits per heavy atom. The van der Waals surface area contributed by atoms with Crippen LogP contribution in [0.4, 0.5) is 0 Å². The molecular weight excluding hydrogens is 300 g/mol. The maximum absolute atomic E-state index is 11.9. The fourth-order valence-electron chi connectivity index (χ4n) is 1.77. The summed E-state index contributed by atoms with van der Waals surface area (Å²) >= 11 is 0. The Bertz CT molecular complexity index is 575. The zero-order chi connectivity index (χ0) is 17.6.